The molecule has 1 N–H and O–H groups in total. The summed E-state index contributed by atoms with van der Waals surface area (Å²) in [6.45, 7) is 7.58. The van der Waals surface area contributed by atoms with E-state index < -0.39 is 0 Å². The Bertz CT molecular complexity index is 460. The van der Waals surface area contributed by atoms with Crippen LogP contribution < -0.4 is 5.32 Å². The largest absolute Gasteiger partial charge is 0.309 e. The minimum atomic E-state index is 0.464. The Morgan fingerprint density at radius 1 is 1.33 bits per heavy atom. The molecule has 0 bridgehead atoms. The Hall–Kier alpha value is -0.710. The highest BCUT2D eigenvalue weighted by atomic mass is 32.1. The van der Waals surface area contributed by atoms with Gasteiger partial charge >= 0.3 is 0 Å². The fourth-order valence-electron chi connectivity index (χ4n) is 1.99. The molecule has 2 aromatic heterocycles. The Balaban J connectivity index is 1.87. The Morgan fingerprint density at radius 2 is 2.17 bits per heavy atom. The molecule has 18 heavy (non-hydrogen) atoms. The van der Waals surface area contributed by atoms with Crippen LogP contribution in [0.5, 0.6) is 0 Å². The van der Waals surface area contributed by atoms with Gasteiger partial charge in [-0.15, -0.1) is 22.7 Å². The van der Waals surface area contributed by atoms with Crippen LogP contribution in [-0.2, 0) is 6.42 Å². The highest BCUT2D eigenvalue weighted by molar-refractivity contribution is 7.10. The lowest BCUT2D eigenvalue weighted by atomic mass is 10.0. The van der Waals surface area contributed by atoms with Gasteiger partial charge in [-0.3, -0.25) is 0 Å². The zero-order chi connectivity index (χ0) is 13.0. The van der Waals surface area contributed by atoms with E-state index in [1.165, 1.54) is 9.88 Å². The molecule has 0 amide bonds. The third-order valence-corrected chi connectivity index (χ3v) is 4.87. The van der Waals surface area contributed by atoms with E-state index in [1.807, 2.05) is 11.3 Å². The number of aryl methyl sites for hydroxylation is 1. The molecule has 0 radical (unpaired) electrons. The number of thiophene rings is 1. The van der Waals surface area contributed by atoms with E-state index in [4.69, 9.17) is 0 Å². The average molecular weight is 280 g/mol. The van der Waals surface area contributed by atoms with Crippen molar-refractivity contribution < 1.29 is 0 Å². The predicted molar refractivity (Wildman–Crippen MR) is 80.5 cm³/mol. The van der Waals surface area contributed by atoms with Gasteiger partial charge in [-0.25, -0.2) is 4.98 Å². The molecule has 0 saturated heterocycles. The minimum Gasteiger partial charge on any atom is -0.309 e. The molecule has 2 rings (SSSR count). The zero-order valence-corrected chi connectivity index (χ0v) is 12.8. The lowest BCUT2D eigenvalue weighted by molar-refractivity contribution is 0.420. The monoisotopic (exact) mass is 280 g/mol. The number of thiazole rings is 1. The SMILES string of the molecule is Cc1csc(CCNC(c2cccs2)C(C)C)n1. The first-order chi connectivity index (χ1) is 8.66. The molecule has 4 heteroatoms. The summed E-state index contributed by atoms with van der Waals surface area (Å²) in [5, 5.41) is 9.16. The van der Waals surface area contributed by atoms with E-state index in [1.54, 1.807) is 11.3 Å². The summed E-state index contributed by atoms with van der Waals surface area (Å²) in [5.41, 5.74) is 1.13. The van der Waals surface area contributed by atoms with Crippen LogP contribution in [0.3, 0.4) is 0 Å². The topological polar surface area (TPSA) is 24.9 Å². The molecular formula is C14H20N2S2. The Morgan fingerprint density at radius 3 is 2.72 bits per heavy atom. The van der Waals surface area contributed by atoms with Gasteiger partial charge in [0, 0.05) is 35.0 Å². The van der Waals surface area contributed by atoms with Gasteiger partial charge in [0.1, 0.15) is 0 Å². The molecule has 0 saturated carbocycles. The molecule has 2 nitrogen and oxygen atoms in total. The number of nitrogens with one attached hydrogen (secondary N) is 1. The van der Waals surface area contributed by atoms with Gasteiger partial charge in [0.2, 0.25) is 0 Å². The second-order valence-electron chi connectivity index (χ2n) is 4.82. The van der Waals surface area contributed by atoms with E-state index in [0.717, 1.165) is 18.7 Å². The normalized spacial score (nSPS) is 13.1. The molecule has 1 unspecified atom stereocenters. The van der Waals surface area contributed by atoms with Gasteiger partial charge < -0.3 is 5.32 Å². The highest BCUT2D eigenvalue weighted by Gasteiger charge is 2.15. The molecule has 0 spiro atoms. The van der Waals surface area contributed by atoms with Crippen molar-refractivity contribution >= 4 is 22.7 Å². The van der Waals surface area contributed by atoms with Crippen LogP contribution in [0, 0.1) is 12.8 Å². The number of aromatic nitrogens is 1. The standard InChI is InChI=1S/C14H20N2S2/c1-10(2)14(12-5-4-8-17-12)15-7-6-13-16-11(3)9-18-13/h4-5,8-10,14-15H,6-7H2,1-3H3. The van der Waals surface area contributed by atoms with Gasteiger partial charge in [-0.05, 0) is 24.3 Å². The molecule has 2 aromatic rings. The van der Waals surface area contributed by atoms with Crippen LogP contribution in [0.1, 0.15) is 35.5 Å². The van der Waals surface area contributed by atoms with Crippen molar-refractivity contribution in [2.45, 2.75) is 33.2 Å². The van der Waals surface area contributed by atoms with E-state index >= 15 is 0 Å². The first-order valence-corrected chi connectivity index (χ1v) is 8.10. The second-order valence-corrected chi connectivity index (χ2v) is 6.75. The maximum atomic E-state index is 4.50. The van der Waals surface area contributed by atoms with Gasteiger partial charge in [0.25, 0.3) is 0 Å². The first kappa shape index (κ1) is 13.7. The molecule has 0 aliphatic carbocycles. The van der Waals surface area contributed by atoms with E-state index in [2.05, 4.69) is 54.0 Å². The van der Waals surface area contributed by atoms with Crippen molar-refractivity contribution in [1.29, 1.82) is 0 Å². The van der Waals surface area contributed by atoms with Crippen molar-refractivity contribution in [3.8, 4) is 0 Å². The summed E-state index contributed by atoms with van der Waals surface area (Å²) in [6.07, 6.45) is 1.02. The maximum absolute atomic E-state index is 4.50. The van der Waals surface area contributed by atoms with E-state index in [9.17, 15) is 0 Å². The summed E-state index contributed by atoms with van der Waals surface area (Å²) < 4.78 is 0. The zero-order valence-electron chi connectivity index (χ0n) is 11.1. The van der Waals surface area contributed by atoms with Crippen LogP contribution in [0.15, 0.2) is 22.9 Å². The summed E-state index contributed by atoms with van der Waals surface area (Å²) in [4.78, 5) is 5.93. The number of rotatable bonds is 6. The van der Waals surface area contributed by atoms with Gasteiger partial charge in [-0.2, -0.15) is 0 Å². The van der Waals surface area contributed by atoms with Crippen LogP contribution in [0.4, 0.5) is 0 Å². The highest BCUT2D eigenvalue weighted by Crippen LogP contribution is 2.25. The lowest BCUT2D eigenvalue weighted by Gasteiger charge is -2.21. The van der Waals surface area contributed by atoms with Crippen molar-refractivity contribution in [3.63, 3.8) is 0 Å². The molecule has 0 aromatic carbocycles. The number of hydrogen-bond acceptors (Lipinski definition) is 4. The number of hydrogen-bond donors (Lipinski definition) is 1. The fraction of sp³-hybridized carbons (Fsp3) is 0.500. The summed E-state index contributed by atoms with van der Waals surface area (Å²) in [6, 6.07) is 4.81. The third-order valence-electron chi connectivity index (χ3n) is 2.89. The average Bonchev–Trinajstić information content (AvgIpc) is 2.95. The lowest BCUT2D eigenvalue weighted by Crippen LogP contribution is -2.27. The Labute approximate surface area is 117 Å². The molecule has 0 aliphatic rings. The molecule has 98 valence electrons. The molecular weight excluding hydrogens is 260 g/mol. The molecule has 0 fully saturated rings. The van der Waals surface area contributed by atoms with Crippen LogP contribution >= 0.6 is 22.7 Å². The molecule has 0 aliphatic heterocycles. The predicted octanol–water partition coefficient (Wildman–Crippen LogP) is 4.04. The smallest absolute Gasteiger partial charge is 0.0940 e. The number of nitrogens with zero attached hydrogens (tertiary/aromatic N) is 1. The van der Waals surface area contributed by atoms with Crippen molar-refractivity contribution in [3.05, 3.63) is 38.5 Å². The van der Waals surface area contributed by atoms with Gasteiger partial charge in [0.05, 0.1) is 5.01 Å². The van der Waals surface area contributed by atoms with Crippen molar-refractivity contribution in [2.75, 3.05) is 6.54 Å². The first-order valence-electron chi connectivity index (χ1n) is 6.34. The molecule has 2 heterocycles. The van der Waals surface area contributed by atoms with Crippen LogP contribution in [-0.4, -0.2) is 11.5 Å². The van der Waals surface area contributed by atoms with Crippen LogP contribution in [0.2, 0.25) is 0 Å². The summed E-state index contributed by atoms with van der Waals surface area (Å²) >= 11 is 3.59. The Kier molecular flexibility index (Phi) is 4.92. The summed E-state index contributed by atoms with van der Waals surface area (Å²) in [5.74, 6) is 0.613. The maximum Gasteiger partial charge on any atom is 0.0940 e. The quantitative estimate of drug-likeness (QED) is 0.863. The fourth-order valence-corrected chi connectivity index (χ4v) is 3.73. The van der Waals surface area contributed by atoms with Crippen molar-refractivity contribution in [1.82, 2.24) is 10.3 Å². The van der Waals surface area contributed by atoms with Gasteiger partial charge in [0.15, 0.2) is 0 Å². The molecule has 1 atom stereocenters. The minimum absolute atomic E-state index is 0.464. The van der Waals surface area contributed by atoms with E-state index in [-0.39, 0.29) is 0 Å². The second kappa shape index (κ2) is 6.45. The summed E-state index contributed by atoms with van der Waals surface area (Å²) in [7, 11) is 0. The van der Waals surface area contributed by atoms with Gasteiger partial charge in [-0.1, -0.05) is 19.9 Å². The van der Waals surface area contributed by atoms with Crippen molar-refractivity contribution in [2.24, 2.45) is 5.92 Å². The third kappa shape index (κ3) is 3.64. The van der Waals surface area contributed by atoms with Crippen LogP contribution in [0.25, 0.3) is 0 Å². The van der Waals surface area contributed by atoms with E-state index in [0.29, 0.717) is 12.0 Å².